The van der Waals surface area contributed by atoms with Crippen molar-refractivity contribution in [1.29, 1.82) is 0 Å². The maximum atomic E-state index is 14.4. The van der Waals surface area contributed by atoms with Crippen molar-refractivity contribution in [2.75, 3.05) is 0 Å². The van der Waals surface area contributed by atoms with Crippen LogP contribution in [0.15, 0.2) is 36.5 Å². The number of hydrogen-bond donors (Lipinski definition) is 0. The summed E-state index contributed by atoms with van der Waals surface area (Å²) < 4.78 is 16.2. The van der Waals surface area contributed by atoms with E-state index in [9.17, 15) is 4.39 Å². The molecular weight excluding hydrogens is 339 g/mol. The minimum absolute atomic E-state index is 0.0414. The summed E-state index contributed by atoms with van der Waals surface area (Å²) in [5.74, 6) is 0.199. The second kappa shape index (κ2) is 6.55. The van der Waals surface area contributed by atoms with Crippen molar-refractivity contribution in [1.82, 2.24) is 19.7 Å². The standard InChI is InChI=1S/C22H27FN4/c1-21(2,3)18-8-9-24-20(25-18)15-10-14(11-16(23)12-15)17-13-19(22(4,5)6)27(7)26-17/h8-13H,1-7H3. The van der Waals surface area contributed by atoms with Crippen molar-refractivity contribution < 1.29 is 4.39 Å². The number of hydrogen-bond acceptors (Lipinski definition) is 3. The van der Waals surface area contributed by atoms with Crippen LogP contribution in [-0.4, -0.2) is 19.7 Å². The van der Waals surface area contributed by atoms with E-state index in [0.29, 0.717) is 11.4 Å². The number of rotatable bonds is 2. The second-order valence-electron chi connectivity index (χ2n) is 9.03. The summed E-state index contributed by atoms with van der Waals surface area (Å²) in [7, 11) is 1.92. The molecule has 0 saturated carbocycles. The fourth-order valence-electron chi connectivity index (χ4n) is 3.09. The molecule has 0 amide bonds. The van der Waals surface area contributed by atoms with Gasteiger partial charge in [0, 0.05) is 46.6 Å². The average molecular weight is 366 g/mol. The van der Waals surface area contributed by atoms with Crippen LogP contribution in [0, 0.1) is 5.82 Å². The number of halogens is 1. The zero-order valence-corrected chi connectivity index (χ0v) is 17.1. The third kappa shape index (κ3) is 4.07. The molecule has 0 bridgehead atoms. The molecular formula is C22H27FN4. The molecule has 0 unspecified atom stereocenters. The Balaban J connectivity index is 2.09. The Labute approximate surface area is 160 Å². The lowest BCUT2D eigenvalue weighted by Gasteiger charge is -2.18. The first-order chi connectivity index (χ1) is 12.4. The van der Waals surface area contributed by atoms with Gasteiger partial charge in [0.1, 0.15) is 5.82 Å². The molecule has 2 heterocycles. The number of nitrogens with zero attached hydrogens (tertiary/aromatic N) is 4. The molecule has 0 aliphatic carbocycles. The molecule has 3 rings (SSSR count). The Morgan fingerprint density at radius 2 is 1.56 bits per heavy atom. The fraction of sp³-hybridized carbons (Fsp3) is 0.409. The Morgan fingerprint density at radius 3 is 2.15 bits per heavy atom. The van der Waals surface area contributed by atoms with E-state index in [1.54, 1.807) is 6.20 Å². The van der Waals surface area contributed by atoms with Crippen molar-refractivity contribution in [2.45, 2.75) is 52.4 Å². The molecule has 2 aromatic heterocycles. The Bertz CT molecular complexity index is 975. The van der Waals surface area contributed by atoms with Crippen molar-refractivity contribution in [3.63, 3.8) is 0 Å². The SMILES string of the molecule is Cn1nc(-c2cc(F)cc(-c3nccc(C(C)(C)C)n3)c2)cc1C(C)(C)C. The van der Waals surface area contributed by atoms with Crippen LogP contribution in [0.25, 0.3) is 22.6 Å². The Morgan fingerprint density at radius 1 is 0.889 bits per heavy atom. The van der Waals surface area contributed by atoms with E-state index in [-0.39, 0.29) is 16.6 Å². The van der Waals surface area contributed by atoms with Gasteiger partial charge in [0.25, 0.3) is 0 Å². The number of aromatic nitrogens is 4. The fourth-order valence-corrected chi connectivity index (χ4v) is 3.09. The van der Waals surface area contributed by atoms with Crippen LogP contribution in [0.4, 0.5) is 4.39 Å². The predicted molar refractivity (Wildman–Crippen MR) is 107 cm³/mol. The van der Waals surface area contributed by atoms with Gasteiger partial charge in [0.2, 0.25) is 0 Å². The van der Waals surface area contributed by atoms with Crippen molar-refractivity contribution in [3.05, 3.63) is 53.7 Å². The smallest absolute Gasteiger partial charge is 0.159 e. The molecule has 0 atom stereocenters. The first-order valence-corrected chi connectivity index (χ1v) is 9.14. The van der Waals surface area contributed by atoms with E-state index in [4.69, 9.17) is 0 Å². The predicted octanol–water partition coefficient (Wildman–Crippen LogP) is 5.28. The molecule has 3 aromatic rings. The van der Waals surface area contributed by atoms with Gasteiger partial charge in [-0.3, -0.25) is 4.68 Å². The first-order valence-electron chi connectivity index (χ1n) is 9.14. The summed E-state index contributed by atoms with van der Waals surface area (Å²) in [6, 6.07) is 8.80. The molecule has 5 heteroatoms. The average Bonchev–Trinajstić information content (AvgIpc) is 2.96. The molecule has 4 nitrogen and oxygen atoms in total. The van der Waals surface area contributed by atoms with E-state index in [0.717, 1.165) is 22.6 Å². The van der Waals surface area contributed by atoms with Gasteiger partial charge in [-0.25, -0.2) is 14.4 Å². The van der Waals surface area contributed by atoms with Gasteiger partial charge >= 0.3 is 0 Å². The molecule has 0 aliphatic heterocycles. The van der Waals surface area contributed by atoms with Crippen LogP contribution in [0.3, 0.4) is 0 Å². The topological polar surface area (TPSA) is 43.6 Å². The van der Waals surface area contributed by atoms with Crippen molar-refractivity contribution in [2.24, 2.45) is 7.05 Å². The highest BCUT2D eigenvalue weighted by atomic mass is 19.1. The molecule has 0 N–H and O–H groups in total. The lowest BCUT2D eigenvalue weighted by Crippen LogP contribution is -2.16. The van der Waals surface area contributed by atoms with Crippen molar-refractivity contribution >= 4 is 0 Å². The molecule has 142 valence electrons. The molecule has 0 aliphatic rings. The van der Waals surface area contributed by atoms with Crippen LogP contribution in [-0.2, 0) is 17.9 Å². The van der Waals surface area contributed by atoms with Crippen LogP contribution < -0.4 is 0 Å². The summed E-state index contributed by atoms with van der Waals surface area (Å²) in [6.45, 7) is 12.7. The third-order valence-electron chi connectivity index (χ3n) is 4.52. The molecule has 27 heavy (non-hydrogen) atoms. The lowest BCUT2D eigenvalue weighted by molar-refractivity contribution is 0.523. The van der Waals surface area contributed by atoms with Crippen molar-refractivity contribution in [3.8, 4) is 22.6 Å². The maximum Gasteiger partial charge on any atom is 0.159 e. The molecule has 1 aromatic carbocycles. The molecule has 0 radical (unpaired) electrons. The second-order valence-corrected chi connectivity index (χ2v) is 9.03. The molecule has 0 spiro atoms. The van der Waals surface area contributed by atoms with Crippen LogP contribution in [0.2, 0.25) is 0 Å². The van der Waals surface area contributed by atoms with Crippen LogP contribution >= 0.6 is 0 Å². The first kappa shape index (κ1) is 19.2. The Hall–Kier alpha value is -2.56. The van der Waals surface area contributed by atoms with Gasteiger partial charge in [-0.15, -0.1) is 0 Å². The van der Waals surface area contributed by atoms with Crippen LogP contribution in [0.5, 0.6) is 0 Å². The monoisotopic (exact) mass is 366 g/mol. The van der Waals surface area contributed by atoms with E-state index in [1.807, 2.05) is 29.9 Å². The minimum atomic E-state index is -0.324. The van der Waals surface area contributed by atoms with Gasteiger partial charge in [-0.05, 0) is 30.3 Å². The lowest BCUT2D eigenvalue weighted by atomic mass is 9.91. The van der Waals surface area contributed by atoms with Gasteiger partial charge in [0.05, 0.1) is 5.69 Å². The third-order valence-corrected chi connectivity index (χ3v) is 4.52. The van der Waals surface area contributed by atoms with Gasteiger partial charge in [-0.1, -0.05) is 41.5 Å². The summed E-state index contributed by atoms with van der Waals surface area (Å²) >= 11 is 0. The van der Waals surface area contributed by atoms with Crippen LogP contribution in [0.1, 0.15) is 52.9 Å². The summed E-state index contributed by atoms with van der Waals surface area (Å²) in [6.07, 6.45) is 1.73. The minimum Gasteiger partial charge on any atom is -0.272 e. The summed E-state index contributed by atoms with van der Waals surface area (Å²) in [5, 5.41) is 4.59. The van der Waals surface area contributed by atoms with E-state index in [2.05, 4.69) is 56.6 Å². The Kier molecular flexibility index (Phi) is 4.66. The van der Waals surface area contributed by atoms with Gasteiger partial charge in [0.15, 0.2) is 5.82 Å². The van der Waals surface area contributed by atoms with Gasteiger partial charge < -0.3 is 0 Å². The van der Waals surface area contributed by atoms with E-state index in [1.165, 1.54) is 12.1 Å². The molecule has 0 saturated heterocycles. The summed E-state index contributed by atoms with van der Waals surface area (Å²) in [4.78, 5) is 9.01. The number of benzene rings is 1. The maximum absolute atomic E-state index is 14.4. The number of aryl methyl sites for hydroxylation is 1. The molecule has 0 fully saturated rings. The zero-order chi connectivity index (χ0) is 20.0. The van der Waals surface area contributed by atoms with E-state index < -0.39 is 0 Å². The quantitative estimate of drug-likeness (QED) is 0.620. The van der Waals surface area contributed by atoms with E-state index >= 15 is 0 Å². The zero-order valence-electron chi connectivity index (χ0n) is 17.1. The van der Waals surface area contributed by atoms with Gasteiger partial charge in [-0.2, -0.15) is 5.10 Å². The highest BCUT2D eigenvalue weighted by molar-refractivity contribution is 5.68. The normalized spacial score (nSPS) is 12.4. The highest BCUT2D eigenvalue weighted by Crippen LogP contribution is 2.30. The highest BCUT2D eigenvalue weighted by Gasteiger charge is 2.21. The largest absolute Gasteiger partial charge is 0.272 e. The summed E-state index contributed by atoms with van der Waals surface area (Å²) in [5.41, 5.74) is 3.99.